The Labute approximate surface area is 149 Å². The summed E-state index contributed by atoms with van der Waals surface area (Å²) < 4.78 is 5.58. The van der Waals surface area contributed by atoms with E-state index in [-0.39, 0.29) is 11.4 Å². The zero-order valence-electron chi connectivity index (χ0n) is 15.2. The molecule has 1 aromatic rings. The van der Waals surface area contributed by atoms with Crippen LogP contribution in [0.4, 0.5) is 0 Å². The van der Waals surface area contributed by atoms with E-state index in [9.17, 15) is 4.79 Å². The van der Waals surface area contributed by atoms with Crippen LogP contribution in [0.2, 0.25) is 0 Å². The highest BCUT2D eigenvalue weighted by atomic mass is 16.5. The Hall–Kier alpha value is -1.63. The molecule has 0 saturated carbocycles. The molecule has 3 aliphatic heterocycles. The van der Waals surface area contributed by atoms with Crippen LogP contribution in [0.25, 0.3) is 0 Å². The molecule has 1 aromatic carbocycles. The van der Waals surface area contributed by atoms with E-state index < -0.39 is 0 Å². The van der Waals surface area contributed by atoms with Crippen molar-refractivity contribution >= 4 is 5.91 Å². The Morgan fingerprint density at radius 1 is 1.16 bits per heavy atom. The number of methoxy groups -OCH3 is 1. The molecule has 2 fully saturated rings. The summed E-state index contributed by atoms with van der Waals surface area (Å²) >= 11 is 0. The summed E-state index contributed by atoms with van der Waals surface area (Å²) in [6.45, 7) is 8.22. The first-order chi connectivity index (χ1) is 12.1. The first-order valence-electron chi connectivity index (χ1n) is 9.36. The third kappa shape index (κ3) is 2.82. The van der Waals surface area contributed by atoms with Crippen LogP contribution < -0.4 is 15.4 Å². The minimum absolute atomic E-state index is 0.0221. The van der Waals surface area contributed by atoms with Gasteiger partial charge in [-0.05, 0) is 43.4 Å². The second-order valence-electron chi connectivity index (χ2n) is 7.45. The number of benzene rings is 1. The number of nitrogens with zero attached hydrogens (tertiary/aromatic N) is 2. The molecule has 25 heavy (non-hydrogen) atoms. The first kappa shape index (κ1) is 16.8. The molecule has 0 spiro atoms. The van der Waals surface area contributed by atoms with Crippen LogP contribution in [0.1, 0.15) is 47.7 Å². The van der Waals surface area contributed by atoms with Crippen molar-refractivity contribution in [1.29, 1.82) is 0 Å². The minimum Gasteiger partial charge on any atom is -0.496 e. The molecule has 3 aliphatic rings. The molecular weight excluding hydrogens is 316 g/mol. The van der Waals surface area contributed by atoms with Crippen molar-refractivity contribution < 1.29 is 9.53 Å². The number of ether oxygens (including phenoxy) is 1. The quantitative estimate of drug-likeness (QED) is 0.869. The largest absolute Gasteiger partial charge is 0.496 e. The number of rotatable bonds is 3. The number of carbonyl (C=O) groups excluding carboxylic acids is 1. The van der Waals surface area contributed by atoms with E-state index in [2.05, 4.69) is 39.7 Å². The molecular formula is C19H28N4O2. The van der Waals surface area contributed by atoms with E-state index in [0.717, 1.165) is 44.7 Å². The monoisotopic (exact) mass is 344 g/mol. The average molecular weight is 344 g/mol. The van der Waals surface area contributed by atoms with Crippen LogP contribution in [0.5, 0.6) is 5.75 Å². The van der Waals surface area contributed by atoms with Crippen molar-refractivity contribution in [1.82, 2.24) is 20.7 Å². The number of piperidine rings is 1. The molecule has 6 nitrogen and oxygen atoms in total. The van der Waals surface area contributed by atoms with Crippen LogP contribution >= 0.6 is 0 Å². The summed E-state index contributed by atoms with van der Waals surface area (Å²) in [5.74, 6) is 0.681. The maximum atomic E-state index is 12.1. The zero-order chi connectivity index (χ0) is 17.4. The van der Waals surface area contributed by atoms with Crippen LogP contribution in [-0.2, 0) is 12.1 Å². The lowest BCUT2D eigenvalue weighted by Crippen LogP contribution is -2.60. The fraction of sp³-hybridized carbons (Fsp3) is 0.632. The van der Waals surface area contributed by atoms with Crippen LogP contribution in [0.15, 0.2) is 12.1 Å². The van der Waals surface area contributed by atoms with E-state index in [0.29, 0.717) is 17.9 Å². The number of hydrogen-bond donors (Lipinski definition) is 2. The van der Waals surface area contributed by atoms with Gasteiger partial charge in [-0.25, -0.2) is 10.0 Å². The van der Waals surface area contributed by atoms with Gasteiger partial charge in [0, 0.05) is 39.3 Å². The van der Waals surface area contributed by atoms with Crippen molar-refractivity contribution in [2.24, 2.45) is 0 Å². The van der Waals surface area contributed by atoms with E-state index >= 15 is 0 Å². The second kappa shape index (κ2) is 6.59. The Kier molecular flexibility index (Phi) is 4.43. The third-order valence-corrected chi connectivity index (χ3v) is 5.98. The fourth-order valence-electron chi connectivity index (χ4n) is 4.55. The van der Waals surface area contributed by atoms with Gasteiger partial charge in [0.15, 0.2) is 0 Å². The molecule has 0 aromatic heterocycles. The van der Waals surface area contributed by atoms with Gasteiger partial charge in [-0.1, -0.05) is 6.07 Å². The van der Waals surface area contributed by atoms with Gasteiger partial charge in [0.25, 0.3) is 5.91 Å². The molecule has 0 radical (unpaired) electrons. The lowest BCUT2D eigenvalue weighted by atomic mass is 9.81. The molecule has 6 heteroatoms. The van der Waals surface area contributed by atoms with Crippen LogP contribution in [0, 0.1) is 0 Å². The number of hydrazine groups is 1. The number of fused-ring (bicyclic) bond motifs is 1. The van der Waals surface area contributed by atoms with E-state index in [1.807, 2.05) is 0 Å². The third-order valence-electron chi connectivity index (χ3n) is 5.98. The Bertz CT molecular complexity index is 672. The van der Waals surface area contributed by atoms with Crippen LogP contribution in [-0.4, -0.2) is 55.8 Å². The SMILES string of the molecule is COc1cc(C2(C)CCCCN2N2CCNCC2)cc2c1C(=O)NC2. The highest BCUT2D eigenvalue weighted by molar-refractivity contribution is 6.01. The number of piperazine rings is 1. The number of amides is 1. The predicted octanol–water partition coefficient (Wildman–Crippen LogP) is 1.46. The summed E-state index contributed by atoms with van der Waals surface area (Å²) in [5.41, 5.74) is 2.98. The van der Waals surface area contributed by atoms with Crippen molar-refractivity contribution in [2.75, 3.05) is 39.8 Å². The Morgan fingerprint density at radius 2 is 1.96 bits per heavy atom. The lowest BCUT2D eigenvalue weighted by molar-refractivity contribution is -0.132. The van der Waals surface area contributed by atoms with Gasteiger partial charge >= 0.3 is 0 Å². The maximum absolute atomic E-state index is 12.1. The number of nitrogens with one attached hydrogen (secondary N) is 2. The Morgan fingerprint density at radius 3 is 2.72 bits per heavy atom. The van der Waals surface area contributed by atoms with Crippen molar-refractivity contribution in [2.45, 2.75) is 38.3 Å². The molecule has 2 N–H and O–H groups in total. The zero-order valence-corrected chi connectivity index (χ0v) is 15.2. The average Bonchev–Trinajstić information content (AvgIpc) is 3.03. The first-order valence-corrected chi connectivity index (χ1v) is 9.36. The molecule has 1 amide bonds. The van der Waals surface area contributed by atoms with Gasteiger partial charge in [-0.2, -0.15) is 0 Å². The molecule has 2 saturated heterocycles. The van der Waals surface area contributed by atoms with E-state index in [1.165, 1.54) is 18.4 Å². The van der Waals surface area contributed by atoms with Gasteiger partial charge in [0.05, 0.1) is 18.2 Å². The number of hydrogen-bond acceptors (Lipinski definition) is 5. The van der Waals surface area contributed by atoms with Gasteiger partial charge in [0.1, 0.15) is 5.75 Å². The highest BCUT2D eigenvalue weighted by Crippen LogP contribution is 2.41. The lowest BCUT2D eigenvalue weighted by Gasteiger charge is -2.51. The van der Waals surface area contributed by atoms with Crippen molar-refractivity contribution in [3.8, 4) is 5.75 Å². The molecule has 3 heterocycles. The topological polar surface area (TPSA) is 56.8 Å². The molecule has 4 rings (SSSR count). The summed E-state index contributed by atoms with van der Waals surface area (Å²) in [6.07, 6.45) is 3.59. The maximum Gasteiger partial charge on any atom is 0.255 e. The van der Waals surface area contributed by atoms with Crippen molar-refractivity contribution in [3.05, 3.63) is 28.8 Å². The fourth-order valence-corrected chi connectivity index (χ4v) is 4.55. The second-order valence-corrected chi connectivity index (χ2v) is 7.45. The summed E-state index contributed by atoms with van der Waals surface area (Å²) in [7, 11) is 1.66. The summed E-state index contributed by atoms with van der Waals surface area (Å²) in [6, 6.07) is 4.31. The van der Waals surface area contributed by atoms with E-state index in [4.69, 9.17) is 4.74 Å². The number of carbonyl (C=O) groups is 1. The van der Waals surface area contributed by atoms with Gasteiger partial charge in [0.2, 0.25) is 0 Å². The van der Waals surface area contributed by atoms with Gasteiger partial charge in [-0.15, -0.1) is 0 Å². The van der Waals surface area contributed by atoms with Gasteiger partial charge < -0.3 is 15.4 Å². The van der Waals surface area contributed by atoms with E-state index in [1.54, 1.807) is 7.11 Å². The highest BCUT2D eigenvalue weighted by Gasteiger charge is 2.41. The predicted molar refractivity (Wildman–Crippen MR) is 96.5 cm³/mol. The molecule has 0 bridgehead atoms. The molecule has 1 atom stereocenters. The van der Waals surface area contributed by atoms with Crippen molar-refractivity contribution in [3.63, 3.8) is 0 Å². The minimum atomic E-state index is -0.0520. The normalized spacial score (nSPS) is 27.8. The standard InChI is InChI=1S/C19H28N4O2/c1-19(5-3-4-8-23(19)22-9-6-20-7-10-22)15-11-14-13-21-18(24)17(14)16(12-15)25-2/h11-12,20H,3-10,13H2,1-2H3,(H,21,24). The summed E-state index contributed by atoms with van der Waals surface area (Å²) in [4.78, 5) is 12.1. The summed E-state index contributed by atoms with van der Waals surface area (Å²) in [5, 5.41) is 11.5. The Balaban J connectivity index is 1.74. The molecule has 1 unspecified atom stereocenters. The van der Waals surface area contributed by atoms with Crippen LogP contribution in [0.3, 0.4) is 0 Å². The smallest absolute Gasteiger partial charge is 0.255 e. The molecule has 0 aliphatic carbocycles. The molecule has 136 valence electrons. The van der Waals surface area contributed by atoms with Gasteiger partial charge in [-0.3, -0.25) is 4.79 Å².